The van der Waals surface area contributed by atoms with Gasteiger partial charge in [-0.3, -0.25) is 4.98 Å². The summed E-state index contributed by atoms with van der Waals surface area (Å²) in [5.74, 6) is -0.411. The van der Waals surface area contributed by atoms with Crippen molar-refractivity contribution in [3.8, 4) is 0 Å². The molecule has 0 unspecified atom stereocenters. The number of rotatable bonds is 3. The van der Waals surface area contributed by atoms with Crippen molar-refractivity contribution in [3.63, 3.8) is 0 Å². The lowest BCUT2D eigenvalue weighted by atomic mass is 10.2. The smallest absolute Gasteiger partial charge is 0.339 e. The maximum atomic E-state index is 11.9. The highest BCUT2D eigenvalue weighted by Crippen LogP contribution is 2.20. The first-order chi connectivity index (χ1) is 8.66. The fourth-order valence-corrected chi connectivity index (χ4v) is 1.81. The fourth-order valence-electron chi connectivity index (χ4n) is 1.40. The molecule has 2 rings (SSSR count). The van der Waals surface area contributed by atoms with Crippen LogP contribution in [0.5, 0.6) is 0 Å². The summed E-state index contributed by atoms with van der Waals surface area (Å²) in [6.45, 7) is 0.211. The predicted molar refractivity (Wildman–Crippen MR) is 71.9 cm³/mol. The number of halogens is 1. The number of carbonyl (C=O) groups excluding carboxylic acids is 1. The van der Waals surface area contributed by atoms with Gasteiger partial charge in [0.1, 0.15) is 6.61 Å². The number of carbonyl (C=O) groups is 1. The third-order valence-corrected chi connectivity index (χ3v) is 3.02. The maximum absolute atomic E-state index is 11.9. The summed E-state index contributed by atoms with van der Waals surface area (Å²) < 4.78 is 5.86. The summed E-state index contributed by atoms with van der Waals surface area (Å²) in [5.41, 5.74) is 7.47. The fraction of sp³-hybridized carbons (Fsp3) is 0.0769. The predicted octanol–water partition coefficient (Wildman–Crippen LogP) is 2.78. The molecule has 0 amide bonds. The summed E-state index contributed by atoms with van der Waals surface area (Å²) in [6.07, 6.45) is 3.30. The summed E-state index contributed by atoms with van der Waals surface area (Å²) in [6, 6.07) is 8.60. The molecule has 0 fully saturated rings. The number of nitrogens with two attached hydrogens (primary N) is 1. The Morgan fingerprint density at radius 3 is 2.72 bits per heavy atom. The third kappa shape index (κ3) is 3.07. The molecule has 2 aromatic rings. The molecule has 0 saturated carbocycles. The van der Waals surface area contributed by atoms with Gasteiger partial charge in [-0.25, -0.2) is 4.79 Å². The summed E-state index contributed by atoms with van der Waals surface area (Å²) in [5, 5.41) is 0. The molecule has 0 bridgehead atoms. The molecular formula is C13H11BrN2O2. The second kappa shape index (κ2) is 5.64. The van der Waals surface area contributed by atoms with Crippen LogP contribution in [-0.2, 0) is 11.3 Å². The quantitative estimate of drug-likeness (QED) is 0.699. The van der Waals surface area contributed by atoms with Crippen molar-refractivity contribution >= 4 is 27.6 Å². The largest absolute Gasteiger partial charge is 0.457 e. The van der Waals surface area contributed by atoms with E-state index in [0.717, 1.165) is 5.56 Å². The first-order valence-corrected chi connectivity index (χ1v) is 6.07. The van der Waals surface area contributed by atoms with Crippen molar-refractivity contribution in [2.45, 2.75) is 6.61 Å². The van der Waals surface area contributed by atoms with Crippen molar-refractivity contribution < 1.29 is 9.53 Å². The number of benzene rings is 1. The highest BCUT2D eigenvalue weighted by Gasteiger charge is 2.11. The Balaban J connectivity index is 2.06. The molecule has 4 nitrogen and oxygen atoms in total. The van der Waals surface area contributed by atoms with E-state index in [1.54, 1.807) is 42.7 Å². The van der Waals surface area contributed by atoms with Gasteiger partial charge in [0.25, 0.3) is 0 Å². The number of pyridine rings is 1. The number of nitrogens with zero attached hydrogens (tertiary/aromatic N) is 1. The molecule has 1 heterocycles. The normalized spacial score (nSPS) is 10.1. The van der Waals surface area contributed by atoms with E-state index in [2.05, 4.69) is 20.9 Å². The van der Waals surface area contributed by atoms with Gasteiger partial charge in [-0.1, -0.05) is 0 Å². The van der Waals surface area contributed by atoms with E-state index in [4.69, 9.17) is 10.5 Å². The average molecular weight is 307 g/mol. The summed E-state index contributed by atoms with van der Waals surface area (Å²) in [7, 11) is 0. The van der Waals surface area contributed by atoms with Gasteiger partial charge < -0.3 is 10.5 Å². The zero-order chi connectivity index (χ0) is 13.0. The van der Waals surface area contributed by atoms with E-state index in [9.17, 15) is 4.79 Å². The van der Waals surface area contributed by atoms with Gasteiger partial charge in [0.2, 0.25) is 0 Å². The Morgan fingerprint density at radius 2 is 2.00 bits per heavy atom. The number of anilines is 1. The lowest BCUT2D eigenvalue weighted by Gasteiger charge is -2.07. The zero-order valence-electron chi connectivity index (χ0n) is 9.47. The van der Waals surface area contributed by atoms with E-state index >= 15 is 0 Å². The molecule has 5 heteroatoms. The molecule has 1 aromatic carbocycles. The Bertz CT molecular complexity index is 558. The lowest BCUT2D eigenvalue weighted by Crippen LogP contribution is -2.06. The summed E-state index contributed by atoms with van der Waals surface area (Å²) in [4.78, 5) is 15.8. The van der Waals surface area contributed by atoms with Crippen LogP contribution in [0.1, 0.15) is 15.9 Å². The lowest BCUT2D eigenvalue weighted by molar-refractivity contribution is 0.0471. The topological polar surface area (TPSA) is 65.2 Å². The van der Waals surface area contributed by atoms with E-state index in [-0.39, 0.29) is 6.61 Å². The molecule has 92 valence electrons. The van der Waals surface area contributed by atoms with Crippen molar-refractivity contribution in [2.24, 2.45) is 0 Å². The van der Waals surface area contributed by atoms with Crippen molar-refractivity contribution in [3.05, 3.63) is 58.3 Å². The van der Waals surface area contributed by atoms with Crippen LogP contribution in [0.15, 0.2) is 47.2 Å². The van der Waals surface area contributed by atoms with Gasteiger partial charge in [0, 0.05) is 22.6 Å². The summed E-state index contributed by atoms with van der Waals surface area (Å²) >= 11 is 3.29. The van der Waals surface area contributed by atoms with Crippen LogP contribution in [-0.4, -0.2) is 11.0 Å². The minimum absolute atomic E-state index is 0.211. The van der Waals surface area contributed by atoms with Crippen LogP contribution < -0.4 is 5.73 Å². The van der Waals surface area contributed by atoms with E-state index in [1.165, 1.54) is 0 Å². The van der Waals surface area contributed by atoms with Crippen molar-refractivity contribution in [1.82, 2.24) is 4.98 Å². The van der Waals surface area contributed by atoms with Crippen LogP contribution in [0.25, 0.3) is 0 Å². The van der Waals surface area contributed by atoms with Crippen molar-refractivity contribution in [2.75, 3.05) is 5.73 Å². The molecule has 18 heavy (non-hydrogen) atoms. The number of nitrogen functional groups attached to an aromatic ring is 1. The van der Waals surface area contributed by atoms with Gasteiger partial charge in [-0.2, -0.15) is 0 Å². The van der Waals surface area contributed by atoms with Crippen LogP contribution in [0.3, 0.4) is 0 Å². The molecule has 0 atom stereocenters. The monoisotopic (exact) mass is 306 g/mol. The SMILES string of the molecule is Nc1ccc(Br)c(C(=O)OCc2ccncc2)c1. The molecule has 0 spiro atoms. The van der Waals surface area contributed by atoms with E-state index < -0.39 is 5.97 Å². The van der Waals surface area contributed by atoms with Gasteiger partial charge in [0.05, 0.1) is 5.56 Å². The van der Waals surface area contributed by atoms with Crippen LogP contribution >= 0.6 is 15.9 Å². The highest BCUT2D eigenvalue weighted by molar-refractivity contribution is 9.10. The minimum Gasteiger partial charge on any atom is -0.457 e. The second-order valence-corrected chi connectivity index (χ2v) is 4.53. The highest BCUT2D eigenvalue weighted by atomic mass is 79.9. The molecule has 0 aliphatic rings. The number of hydrogen-bond donors (Lipinski definition) is 1. The minimum atomic E-state index is -0.411. The maximum Gasteiger partial charge on any atom is 0.339 e. The van der Waals surface area contributed by atoms with E-state index in [0.29, 0.717) is 15.7 Å². The van der Waals surface area contributed by atoms with Crippen LogP contribution in [0.4, 0.5) is 5.69 Å². The standard InChI is InChI=1S/C13H11BrN2O2/c14-12-2-1-10(15)7-11(12)13(17)18-8-9-3-5-16-6-4-9/h1-7H,8,15H2. The number of hydrogen-bond acceptors (Lipinski definition) is 4. The third-order valence-electron chi connectivity index (χ3n) is 2.33. The second-order valence-electron chi connectivity index (χ2n) is 3.67. The molecule has 2 N–H and O–H groups in total. The number of esters is 1. The van der Waals surface area contributed by atoms with Crippen LogP contribution in [0, 0.1) is 0 Å². The molecular weight excluding hydrogens is 296 g/mol. The van der Waals surface area contributed by atoms with Crippen molar-refractivity contribution in [1.29, 1.82) is 0 Å². The van der Waals surface area contributed by atoms with Gasteiger partial charge in [0.15, 0.2) is 0 Å². The van der Waals surface area contributed by atoms with Gasteiger partial charge >= 0.3 is 5.97 Å². The first-order valence-electron chi connectivity index (χ1n) is 5.28. The van der Waals surface area contributed by atoms with Gasteiger partial charge in [-0.15, -0.1) is 0 Å². The molecule has 0 aliphatic carbocycles. The van der Waals surface area contributed by atoms with Gasteiger partial charge in [-0.05, 0) is 51.8 Å². The molecule has 0 aliphatic heterocycles. The first kappa shape index (κ1) is 12.6. The zero-order valence-corrected chi connectivity index (χ0v) is 11.1. The number of ether oxygens (including phenoxy) is 1. The Kier molecular flexibility index (Phi) is 3.94. The Morgan fingerprint density at radius 1 is 1.28 bits per heavy atom. The van der Waals surface area contributed by atoms with Crippen LogP contribution in [0.2, 0.25) is 0 Å². The molecule has 0 saturated heterocycles. The molecule has 0 radical (unpaired) electrons. The van der Waals surface area contributed by atoms with E-state index in [1.807, 2.05) is 0 Å². The Hall–Kier alpha value is -1.88. The number of aromatic nitrogens is 1. The average Bonchev–Trinajstić information content (AvgIpc) is 2.40. The molecule has 1 aromatic heterocycles. The Labute approximate surface area is 113 Å².